The summed E-state index contributed by atoms with van der Waals surface area (Å²) in [4.78, 5) is 37.1. The highest BCUT2D eigenvalue weighted by atomic mass is 35.5. The molecule has 2 unspecified atom stereocenters. The molecule has 0 spiro atoms. The van der Waals surface area contributed by atoms with Gasteiger partial charge in [0.25, 0.3) is 0 Å². The third-order valence-corrected chi connectivity index (χ3v) is 5.19. The maximum atomic E-state index is 12.5. The lowest BCUT2D eigenvalue weighted by molar-refractivity contribution is -0.153. The van der Waals surface area contributed by atoms with Gasteiger partial charge in [0.15, 0.2) is 12.2 Å². The topological polar surface area (TPSA) is 81.7 Å². The summed E-state index contributed by atoms with van der Waals surface area (Å²) >= 11 is 7.16. The Morgan fingerprint density at radius 3 is 2.50 bits per heavy atom. The second kappa shape index (κ2) is 9.71. The highest BCUT2D eigenvalue weighted by Gasteiger charge is 2.25. The summed E-state index contributed by atoms with van der Waals surface area (Å²) in [6.45, 7) is 6.68. The number of Topliss-reactive ketones (excluding diaryl/α,β-unsaturated/α-hetero) is 1. The molecule has 2 atom stereocenters. The number of rotatable bonds is 8. The van der Waals surface area contributed by atoms with Crippen molar-refractivity contribution in [1.29, 1.82) is 0 Å². The normalized spacial score (nSPS) is 12.8. The van der Waals surface area contributed by atoms with E-state index in [2.05, 4.69) is 5.32 Å². The zero-order chi connectivity index (χ0) is 20.8. The Balaban J connectivity index is 1.93. The van der Waals surface area contributed by atoms with Crippen molar-refractivity contribution in [3.05, 3.63) is 50.7 Å². The first-order valence-electron chi connectivity index (χ1n) is 8.68. The van der Waals surface area contributed by atoms with E-state index in [1.165, 1.54) is 25.2 Å². The number of amides is 1. The lowest BCUT2D eigenvalue weighted by atomic mass is 10.2. The molecular weight excluding hydrogens is 402 g/mol. The Kier molecular flexibility index (Phi) is 7.60. The van der Waals surface area contributed by atoms with Crippen molar-refractivity contribution in [3.63, 3.8) is 0 Å². The van der Waals surface area contributed by atoms with Crippen molar-refractivity contribution in [1.82, 2.24) is 5.32 Å². The van der Waals surface area contributed by atoms with E-state index >= 15 is 0 Å². The highest BCUT2D eigenvalue weighted by Crippen LogP contribution is 2.23. The zero-order valence-corrected chi connectivity index (χ0v) is 17.6. The second-order valence-corrected chi connectivity index (χ2v) is 7.89. The summed E-state index contributed by atoms with van der Waals surface area (Å²) in [6, 6.07) is 8.50. The third kappa shape index (κ3) is 6.07. The van der Waals surface area contributed by atoms with Crippen molar-refractivity contribution in [3.8, 4) is 5.75 Å². The van der Waals surface area contributed by atoms with E-state index in [1.54, 1.807) is 37.3 Å². The Bertz CT molecular complexity index is 879. The van der Waals surface area contributed by atoms with Gasteiger partial charge in [0.05, 0.1) is 11.4 Å². The van der Waals surface area contributed by atoms with Crippen LogP contribution >= 0.6 is 22.9 Å². The van der Waals surface area contributed by atoms with Gasteiger partial charge in [-0.1, -0.05) is 11.6 Å². The lowest BCUT2D eigenvalue weighted by Crippen LogP contribution is -2.32. The third-order valence-electron chi connectivity index (χ3n) is 3.85. The molecule has 0 saturated heterocycles. The van der Waals surface area contributed by atoms with Gasteiger partial charge in [0, 0.05) is 16.8 Å². The van der Waals surface area contributed by atoms with E-state index < -0.39 is 18.2 Å². The summed E-state index contributed by atoms with van der Waals surface area (Å²) in [5.41, 5.74) is 0.793. The Labute approximate surface area is 172 Å². The van der Waals surface area contributed by atoms with Crippen molar-refractivity contribution in [2.24, 2.45) is 0 Å². The summed E-state index contributed by atoms with van der Waals surface area (Å²) in [7, 11) is 0. The molecule has 1 heterocycles. The average molecular weight is 424 g/mol. The number of benzene rings is 1. The number of ketones is 1. The molecule has 0 radical (unpaired) electrons. The average Bonchev–Trinajstić information content (AvgIpc) is 3.10. The second-order valence-electron chi connectivity index (χ2n) is 6.29. The fourth-order valence-corrected chi connectivity index (χ4v) is 3.52. The van der Waals surface area contributed by atoms with E-state index in [1.807, 2.05) is 6.92 Å². The number of carbonyl (C=O) groups is 3. The van der Waals surface area contributed by atoms with E-state index in [9.17, 15) is 14.4 Å². The van der Waals surface area contributed by atoms with Crippen molar-refractivity contribution in [2.75, 3.05) is 0 Å². The number of thiophene rings is 1. The smallest absolute Gasteiger partial charge is 0.347 e. The first kappa shape index (κ1) is 21.9. The van der Waals surface area contributed by atoms with Gasteiger partial charge >= 0.3 is 5.97 Å². The molecule has 2 rings (SSSR count). The zero-order valence-electron chi connectivity index (χ0n) is 16.1. The summed E-state index contributed by atoms with van der Waals surface area (Å²) in [5.74, 6) is -0.560. The van der Waals surface area contributed by atoms with Crippen LogP contribution in [0.3, 0.4) is 0 Å². The van der Waals surface area contributed by atoms with Crippen LogP contribution in [0.4, 0.5) is 0 Å². The minimum Gasteiger partial charge on any atom is -0.479 e. The van der Waals surface area contributed by atoms with Crippen molar-refractivity contribution < 1.29 is 23.9 Å². The molecule has 1 N–H and O–H groups in total. The largest absolute Gasteiger partial charge is 0.479 e. The van der Waals surface area contributed by atoms with E-state index in [-0.39, 0.29) is 11.7 Å². The van der Waals surface area contributed by atoms with Crippen LogP contribution < -0.4 is 10.1 Å². The number of nitrogens with one attached hydrogen (secondary N) is 1. The Morgan fingerprint density at radius 1 is 1.14 bits per heavy atom. The monoisotopic (exact) mass is 423 g/mol. The quantitative estimate of drug-likeness (QED) is 0.514. The molecule has 1 aromatic heterocycles. The fourth-order valence-electron chi connectivity index (χ4n) is 2.32. The number of hydrogen-bond acceptors (Lipinski definition) is 6. The van der Waals surface area contributed by atoms with Gasteiger partial charge in [0.1, 0.15) is 5.75 Å². The number of halogens is 1. The van der Waals surface area contributed by atoms with Crippen LogP contribution in [0.15, 0.2) is 30.3 Å². The Morgan fingerprint density at radius 2 is 1.86 bits per heavy atom. The Hall–Kier alpha value is -2.38. The molecule has 2 aromatic rings. The minimum absolute atomic E-state index is 0.145. The van der Waals surface area contributed by atoms with Crippen LogP contribution in [0.25, 0.3) is 0 Å². The van der Waals surface area contributed by atoms with Gasteiger partial charge in [-0.05, 0) is 56.7 Å². The predicted molar refractivity (Wildman–Crippen MR) is 108 cm³/mol. The lowest BCUT2D eigenvalue weighted by Gasteiger charge is -2.18. The maximum absolute atomic E-state index is 12.5. The molecule has 1 aromatic carbocycles. The first-order valence-corrected chi connectivity index (χ1v) is 9.87. The summed E-state index contributed by atoms with van der Waals surface area (Å²) < 4.78 is 10.9. The highest BCUT2D eigenvalue weighted by molar-refractivity contribution is 7.14. The fraction of sp³-hybridized carbons (Fsp3) is 0.350. The first-order chi connectivity index (χ1) is 13.2. The number of esters is 1. The number of hydrogen-bond donors (Lipinski definition) is 1. The van der Waals surface area contributed by atoms with Crippen molar-refractivity contribution in [2.45, 2.75) is 46.4 Å². The van der Waals surface area contributed by atoms with Gasteiger partial charge in [-0.2, -0.15) is 0 Å². The molecule has 0 aliphatic rings. The molecule has 0 aliphatic heterocycles. The summed E-state index contributed by atoms with van der Waals surface area (Å²) in [5, 5.41) is 3.25. The number of ether oxygens (including phenoxy) is 2. The maximum Gasteiger partial charge on any atom is 0.347 e. The van der Waals surface area contributed by atoms with Gasteiger partial charge in [0.2, 0.25) is 11.7 Å². The minimum atomic E-state index is -0.947. The molecular formula is C20H22ClNO5S. The van der Waals surface area contributed by atoms with E-state index in [0.717, 1.165) is 10.4 Å². The van der Waals surface area contributed by atoms with Crippen LogP contribution in [0.5, 0.6) is 5.75 Å². The predicted octanol–water partition coefficient (Wildman–Crippen LogP) is 3.93. The molecule has 0 saturated carbocycles. The molecule has 0 aliphatic carbocycles. The van der Waals surface area contributed by atoms with Gasteiger partial charge in [-0.3, -0.25) is 9.59 Å². The molecule has 1 amide bonds. The van der Waals surface area contributed by atoms with Crippen LogP contribution in [-0.2, 0) is 20.9 Å². The van der Waals surface area contributed by atoms with Crippen LogP contribution in [0, 0.1) is 6.92 Å². The van der Waals surface area contributed by atoms with Gasteiger partial charge < -0.3 is 14.8 Å². The molecule has 150 valence electrons. The number of carbonyl (C=O) groups excluding carboxylic acids is 3. The standard InChI is InChI=1S/C20H22ClNO5S/c1-11-9-15(21)5-7-17(11)26-13(3)20(25)27-12(2)19(24)18-8-6-16(28-18)10-22-14(4)23/h5-9,12-13H,10H2,1-4H3,(H,22,23). The van der Waals surface area contributed by atoms with Crippen LogP contribution in [0.2, 0.25) is 5.02 Å². The summed E-state index contributed by atoms with van der Waals surface area (Å²) in [6.07, 6.45) is -1.83. The van der Waals surface area contributed by atoms with E-state index in [0.29, 0.717) is 22.2 Å². The van der Waals surface area contributed by atoms with E-state index in [4.69, 9.17) is 21.1 Å². The van der Waals surface area contributed by atoms with Gasteiger partial charge in [-0.15, -0.1) is 11.3 Å². The molecule has 8 heteroatoms. The SMILES string of the molecule is CC(=O)NCc1ccc(C(=O)C(C)OC(=O)C(C)Oc2ccc(Cl)cc2C)s1. The molecule has 0 bridgehead atoms. The van der Waals surface area contributed by atoms with Crippen LogP contribution in [0.1, 0.15) is 40.9 Å². The molecule has 28 heavy (non-hydrogen) atoms. The van der Waals surface area contributed by atoms with Crippen molar-refractivity contribution >= 4 is 40.6 Å². The molecule has 6 nitrogen and oxygen atoms in total. The molecule has 0 fully saturated rings. The van der Waals surface area contributed by atoms with Crippen LogP contribution in [-0.4, -0.2) is 29.9 Å². The van der Waals surface area contributed by atoms with Gasteiger partial charge in [-0.25, -0.2) is 4.79 Å². The number of aryl methyl sites for hydroxylation is 1.